The van der Waals surface area contributed by atoms with Crippen LogP contribution in [-0.4, -0.2) is 30.7 Å². The van der Waals surface area contributed by atoms with Gasteiger partial charge in [-0.25, -0.2) is 13.1 Å². The van der Waals surface area contributed by atoms with Gasteiger partial charge >= 0.3 is 0 Å². The summed E-state index contributed by atoms with van der Waals surface area (Å²) in [4.78, 5) is 4.44. The average molecular weight is 292 g/mol. The van der Waals surface area contributed by atoms with E-state index in [1.165, 1.54) is 0 Å². The lowest BCUT2D eigenvalue weighted by Crippen LogP contribution is -2.46. The van der Waals surface area contributed by atoms with E-state index < -0.39 is 16.1 Å². The van der Waals surface area contributed by atoms with Crippen molar-refractivity contribution >= 4 is 20.9 Å². The number of fused-ring (bicyclic) bond motifs is 1. The maximum Gasteiger partial charge on any atom is 0.242 e. The largest absolute Gasteiger partial charge is 0.393 e. The lowest BCUT2D eigenvalue weighted by Gasteiger charge is -2.31. The van der Waals surface area contributed by atoms with Crippen LogP contribution >= 0.6 is 0 Å². The van der Waals surface area contributed by atoms with E-state index in [2.05, 4.69) is 9.71 Å². The molecule has 3 rings (SSSR count). The molecule has 1 aromatic carbocycles. The van der Waals surface area contributed by atoms with Crippen molar-refractivity contribution in [3.8, 4) is 0 Å². The second kappa shape index (κ2) is 4.80. The molecule has 1 heterocycles. The van der Waals surface area contributed by atoms with E-state index >= 15 is 0 Å². The van der Waals surface area contributed by atoms with Crippen LogP contribution in [0.15, 0.2) is 35.4 Å². The van der Waals surface area contributed by atoms with Crippen LogP contribution in [0.1, 0.15) is 18.4 Å². The molecular weight excluding hydrogens is 276 g/mol. The molecule has 2 aromatic rings. The lowest BCUT2D eigenvalue weighted by atomic mass is 9.91. The van der Waals surface area contributed by atoms with Crippen LogP contribution in [0.4, 0.5) is 0 Å². The van der Waals surface area contributed by atoms with Gasteiger partial charge in [0.05, 0.1) is 11.6 Å². The Morgan fingerprint density at radius 3 is 2.80 bits per heavy atom. The number of pyridine rings is 1. The quantitative estimate of drug-likeness (QED) is 0.895. The topological polar surface area (TPSA) is 79.3 Å². The van der Waals surface area contributed by atoms with E-state index in [0.717, 1.165) is 10.9 Å². The summed E-state index contributed by atoms with van der Waals surface area (Å²) in [7, 11) is -3.61. The fourth-order valence-corrected chi connectivity index (χ4v) is 3.87. The number of nitrogens with zero attached hydrogens (tertiary/aromatic N) is 1. The molecule has 6 heteroatoms. The molecule has 0 bridgehead atoms. The fourth-order valence-electron chi connectivity index (χ4n) is 2.43. The SMILES string of the molecule is Cc1cnc2c(S(=O)(=O)NC3CC(O)C3)cccc2c1. The van der Waals surface area contributed by atoms with Gasteiger partial charge in [0.2, 0.25) is 10.0 Å². The van der Waals surface area contributed by atoms with Gasteiger partial charge in [-0.3, -0.25) is 4.98 Å². The minimum Gasteiger partial charge on any atom is -0.393 e. The molecule has 20 heavy (non-hydrogen) atoms. The van der Waals surface area contributed by atoms with E-state index in [1.807, 2.05) is 19.1 Å². The molecule has 5 nitrogen and oxygen atoms in total. The van der Waals surface area contributed by atoms with Crippen LogP contribution in [0, 0.1) is 6.92 Å². The van der Waals surface area contributed by atoms with Gasteiger partial charge in [0.1, 0.15) is 4.90 Å². The first-order valence-electron chi connectivity index (χ1n) is 6.51. The summed E-state index contributed by atoms with van der Waals surface area (Å²) in [5, 5.41) is 10.0. The minimum atomic E-state index is -3.61. The first kappa shape index (κ1) is 13.5. The molecule has 0 unspecified atom stereocenters. The van der Waals surface area contributed by atoms with Crippen molar-refractivity contribution in [2.24, 2.45) is 0 Å². The average Bonchev–Trinajstić information content (AvgIpc) is 2.35. The number of aryl methyl sites for hydroxylation is 1. The van der Waals surface area contributed by atoms with E-state index in [0.29, 0.717) is 18.4 Å². The van der Waals surface area contributed by atoms with Gasteiger partial charge in [-0.2, -0.15) is 0 Å². The minimum absolute atomic E-state index is 0.185. The van der Waals surface area contributed by atoms with Gasteiger partial charge in [-0.1, -0.05) is 12.1 Å². The summed E-state index contributed by atoms with van der Waals surface area (Å²) in [5.41, 5.74) is 1.47. The predicted octanol–water partition coefficient (Wildman–Crippen LogP) is 1.34. The Hall–Kier alpha value is -1.50. The molecular formula is C14H16N2O3S. The number of rotatable bonds is 3. The molecule has 0 radical (unpaired) electrons. The second-order valence-corrected chi connectivity index (χ2v) is 6.97. The van der Waals surface area contributed by atoms with Crippen molar-refractivity contribution < 1.29 is 13.5 Å². The van der Waals surface area contributed by atoms with Crippen molar-refractivity contribution in [3.63, 3.8) is 0 Å². The Kier molecular flexibility index (Phi) is 3.24. The van der Waals surface area contributed by atoms with Gasteiger partial charge in [-0.15, -0.1) is 0 Å². The highest BCUT2D eigenvalue weighted by molar-refractivity contribution is 7.89. The van der Waals surface area contributed by atoms with Crippen molar-refractivity contribution in [2.45, 2.75) is 36.8 Å². The second-order valence-electron chi connectivity index (χ2n) is 5.28. The number of aliphatic hydroxyl groups excluding tert-OH is 1. The third-order valence-corrected chi connectivity index (χ3v) is 5.09. The number of para-hydroxylation sites is 1. The molecule has 0 amide bonds. The van der Waals surface area contributed by atoms with Gasteiger partial charge < -0.3 is 5.11 Å². The normalized spacial score (nSPS) is 22.7. The molecule has 0 atom stereocenters. The van der Waals surface area contributed by atoms with E-state index in [9.17, 15) is 13.5 Å². The summed E-state index contributed by atoms with van der Waals surface area (Å²) in [6.07, 6.45) is 2.21. The maximum atomic E-state index is 12.4. The Morgan fingerprint density at radius 2 is 2.10 bits per heavy atom. The van der Waals surface area contributed by atoms with Crippen LogP contribution in [0.5, 0.6) is 0 Å². The van der Waals surface area contributed by atoms with E-state index in [-0.39, 0.29) is 10.9 Å². The third kappa shape index (κ3) is 2.42. The Labute approximate surface area is 117 Å². The molecule has 0 saturated heterocycles. The molecule has 2 N–H and O–H groups in total. The number of aliphatic hydroxyl groups is 1. The molecule has 0 spiro atoms. The molecule has 1 aromatic heterocycles. The standard InChI is InChI=1S/C14H16N2O3S/c1-9-5-10-3-2-4-13(14(10)15-8-9)20(18,19)16-11-6-12(17)7-11/h2-5,8,11-12,16-17H,6-7H2,1H3. The first-order valence-corrected chi connectivity index (χ1v) is 8.00. The van der Waals surface area contributed by atoms with Gasteiger partial charge in [0.25, 0.3) is 0 Å². The van der Waals surface area contributed by atoms with Gasteiger partial charge in [0.15, 0.2) is 0 Å². The van der Waals surface area contributed by atoms with Crippen LogP contribution in [0.3, 0.4) is 0 Å². The summed E-state index contributed by atoms with van der Waals surface area (Å²) in [5.74, 6) is 0. The third-order valence-electron chi connectivity index (χ3n) is 3.54. The van der Waals surface area contributed by atoms with Crippen LogP contribution < -0.4 is 4.72 Å². The zero-order chi connectivity index (χ0) is 14.3. The first-order chi connectivity index (χ1) is 9.45. The van der Waals surface area contributed by atoms with Crippen molar-refractivity contribution in [1.82, 2.24) is 9.71 Å². The zero-order valence-electron chi connectivity index (χ0n) is 11.1. The monoisotopic (exact) mass is 292 g/mol. The van der Waals surface area contributed by atoms with Crippen LogP contribution in [0.25, 0.3) is 10.9 Å². The number of hydrogen-bond acceptors (Lipinski definition) is 4. The zero-order valence-corrected chi connectivity index (χ0v) is 11.9. The maximum absolute atomic E-state index is 12.4. The van der Waals surface area contributed by atoms with E-state index in [1.54, 1.807) is 18.3 Å². The Morgan fingerprint density at radius 1 is 1.35 bits per heavy atom. The molecule has 0 aliphatic heterocycles. The molecule has 1 saturated carbocycles. The number of benzene rings is 1. The summed E-state index contributed by atoms with van der Waals surface area (Å²) in [6, 6.07) is 6.85. The molecule has 1 fully saturated rings. The smallest absolute Gasteiger partial charge is 0.242 e. The van der Waals surface area contributed by atoms with Gasteiger partial charge in [0, 0.05) is 17.6 Å². The fraction of sp³-hybridized carbons (Fsp3) is 0.357. The van der Waals surface area contributed by atoms with Gasteiger partial charge in [-0.05, 0) is 37.5 Å². The highest BCUT2D eigenvalue weighted by atomic mass is 32.2. The van der Waals surface area contributed by atoms with Crippen LogP contribution in [-0.2, 0) is 10.0 Å². The summed E-state index contributed by atoms with van der Waals surface area (Å²) in [6.45, 7) is 1.92. The number of nitrogens with one attached hydrogen (secondary N) is 1. The number of sulfonamides is 1. The molecule has 1 aliphatic carbocycles. The number of hydrogen-bond donors (Lipinski definition) is 2. The summed E-state index contributed by atoms with van der Waals surface area (Å²) < 4.78 is 27.4. The van der Waals surface area contributed by atoms with Crippen molar-refractivity contribution in [3.05, 3.63) is 36.0 Å². The van der Waals surface area contributed by atoms with Crippen molar-refractivity contribution in [1.29, 1.82) is 0 Å². The van der Waals surface area contributed by atoms with Crippen molar-refractivity contribution in [2.75, 3.05) is 0 Å². The highest BCUT2D eigenvalue weighted by Crippen LogP contribution is 2.25. The predicted molar refractivity (Wildman–Crippen MR) is 75.8 cm³/mol. The Balaban J connectivity index is 2.00. The summed E-state index contributed by atoms with van der Waals surface area (Å²) >= 11 is 0. The Bertz CT molecular complexity index is 752. The van der Waals surface area contributed by atoms with E-state index in [4.69, 9.17) is 0 Å². The lowest BCUT2D eigenvalue weighted by molar-refractivity contribution is 0.0712. The van der Waals surface area contributed by atoms with Crippen LogP contribution in [0.2, 0.25) is 0 Å². The highest BCUT2D eigenvalue weighted by Gasteiger charge is 2.32. The number of aromatic nitrogens is 1. The molecule has 106 valence electrons. The molecule has 1 aliphatic rings.